The SMILES string of the molecule is Cc1nn(-c2ccccc2)c(C)c1CNC(=O)c1cc(-c2ccco2)nc2c1cnn2C(C)C. The summed E-state index contributed by atoms with van der Waals surface area (Å²) in [4.78, 5) is 18.1. The Balaban J connectivity index is 1.48. The second kappa shape index (κ2) is 8.62. The minimum Gasteiger partial charge on any atom is -0.463 e. The standard InChI is InChI=1S/C26H26N6O2/c1-16(2)31-25-22(15-28-31)20(13-23(29-25)24-11-8-12-34-24)26(33)27-14-21-17(3)30-32(18(21)4)19-9-6-5-7-10-19/h5-13,15-16H,14H2,1-4H3,(H,27,33). The van der Waals surface area contributed by atoms with Crippen molar-refractivity contribution in [2.24, 2.45) is 0 Å². The lowest BCUT2D eigenvalue weighted by Crippen LogP contribution is -2.24. The fraction of sp³-hybridized carbons (Fsp3) is 0.231. The summed E-state index contributed by atoms with van der Waals surface area (Å²) < 4.78 is 9.27. The van der Waals surface area contributed by atoms with Crippen LogP contribution in [0.5, 0.6) is 0 Å². The number of nitrogens with one attached hydrogen (secondary N) is 1. The molecule has 5 aromatic rings. The van der Waals surface area contributed by atoms with Crippen molar-refractivity contribution in [3.05, 3.63) is 83.5 Å². The second-order valence-electron chi connectivity index (χ2n) is 8.53. The number of pyridine rings is 1. The average Bonchev–Trinajstić information content (AvgIpc) is 3.57. The summed E-state index contributed by atoms with van der Waals surface area (Å²) in [6, 6.07) is 15.5. The maximum Gasteiger partial charge on any atom is 0.252 e. The van der Waals surface area contributed by atoms with Crippen molar-refractivity contribution in [2.75, 3.05) is 0 Å². The number of aromatic nitrogens is 5. The molecule has 0 aliphatic rings. The van der Waals surface area contributed by atoms with Crippen LogP contribution in [0, 0.1) is 13.8 Å². The lowest BCUT2D eigenvalue weighted by Gasteiger charge is -2.11. The van der Waals surface area contributed by atoms with Gasteiger partial charge in [-0.1, -0.05) is 18.2 Å². The van der Waals surface area contributed by atoms with E-state index in [0.717, 1.165) is 22.6 Å². The van der Waals surface area contributed by atoms with E-state index < -0.39 is 0 Å². The largest absolute Gasteiger partial charge is 0.463 e. The third-order valence-corrected chi connectivity index (χ3v) is 5.94. The minimum atomic E-state index is -0.199. The molecule has 0 aliphatic carbocycles. The van der Waals surface area contributed by atoms with E-state index in [2.05, 4.69) is 15.5 Å². The Morgan fingerprint density at radius 1 is 1.12 bits per heavy atom. The van der Waals surface area contributed by atoms with Gasteiger partial charge in [0.15, 0.2) is 11.4 Å². The van der Waals surface area contributed by atoms with Gasteiger partial charge in [-0.15, -0.1) is 0 Å². The van der Waals surface area contributed by atoms with Gasteiger partial charge >= 0.3 is 0 Å². The van der Waals surface area contributed by atoms with Crippen LogP contribution < -0.4 is 5.32 Å². The van der Waals surface area contributed by atoms with E-state index in [1.54, 1.807) is 24.6 Å². The molecule has 172 valence electrons. The van der Waals surface area contributed by atoms with Gasteiger partial charge in [0.05, 0.1) is 34.8 Å². The van der Waals surface area contributed by atoms with Gasteiger partial charge in [-0.25, -0.2) is 14.3 Å². The Morgan fingerprint density at radius 2 is 1.91 bits per heavy atom. The smallest absolute Gasteiger partial charge is 0.252 e. The van der Waals surface area contributed by atoms with E-state index >= 15 is 0 Å². The molecule has 0 saturated heterocycles. The number of rotatable bonds is 6. The summed E-state index contributed by atoms with van der Waals surface area (Å²) in [5, 5.41) is 12.9. The van der Waals surface area contributed by atoms with Gasteiger partial charge in [0.25, 0.3) is 5.91 Å². The Hall–Kier alpha value is -4.20. The van der Waals surface area contributed by atoms with Crippen LogP contribution in [0.25, 0.3) is 28.2 Å². The molecule has 1 aromatic carbocycles. The molecule has 4 aromatic heterocycles. The van der Waals surface area contributed by atoms with E-state index in [0.29, 0.717) is 34.6 Å². The number of carbonyl (C=O) groups excluding carboxylic acids is 1. The quantitative estimate of drug-likeness (QED) is 0.390. The molecule has 1 amide bonds. The Bertz CT molecular complexity index is 1460. The number of amides is 1. The molecule has 8 nitrogen and oxygen atoms in total. The Labute approximate surface area is 197 Å². The molecule has 8 heteroatoms. The second-order valence-corrected chi connectivity index (χ2v) is 8.53. The number of benzene rings is 1. The van der Waals surface area contributed by atoms with Gasteiger partial charge in [0.2, 0.25) is 0 Å². The fourth-order valence-corrected chi connectivity index (χ4v) is 4.15. The van der Waals surface area contributed by atoms with Gasteiger partial charge in [-0.3, -0.25) is 4.79 Å². The van der Waals surface area contributed by atoms with E-state index in [9.17, 15) is 4.79 Å². The zero-order chi connectivity index (χ0) is 23.8. The highest BCUT2D eigenvalue weighted by Gasteiger charge is 2.20. The highest BCUT2D eigenvalue weighted by molar-refractivity contribution is 6.06. The fourth-order valence-electron chi connectivity index (χ4n) is 4.15. The van der Waals surface area contributed by atoms with Crippen molar-refractivity contribution in [2.45, 2.75) is 40.3 Å². The van der Waals surface area contributed by atoms with Gasteiger partial charge in [-0.2, -0.15) is 10.2 Å². The molecule has 1 N–H and O–H groups in total. The normalized spacial score (nSPS) is 11.4. The third-order valence-electron chi connectivity index (χ3n) is 5.94. The number of para-hydroxylation sites is 1. The molecule has 0 spiro atoms. The molecule has 4 heterocycles. The van der Waals surface area contributed by atoms with Crippen molar-refractivity contribution < 1.29 is 9.21 Å². The molecular formula is C26H26N6O2. The average molecular weight is 455 g/mol. The molecule has 0 radical (unpaired) electrons. The lowest BCUT2D eigenvalue weighted by atomic mass is 10.1. The summed E-state index contributed by atoms with van der Waals surface area (Å²) in [5.41, 5.74) is 5.60. The Kier molecular flexibility index (Phi) is 5.49. The summed E-state index contributed by atoms with van der Waals surface area (Å²) in [7, 11) is 0. The molecule has 5 rings (SSSR count). The number of aryl methyl sites for hydroxylation is 1. The summed E-state index contributed by atoms with van der Waals surface area (Å²) >= 11 is 0. The maximum absolute atomic E-state index is 13.4. The van der Waals surface area contributed by atoms with Crippen molar-refractivity contribution >= 4 is 16.9 Å². The van der Waals surface area contributed by atoms with Crippen molar-refractivity contribution in [3.63, 3.8) is 0 Å². The first-order valence-electron chi connectivity index (χ1n) is 11.2. The molecule has 0 aliphatic heterocycles. The summed E-state index contributed by atoms with van der Waals surface area (Å²) in [6.45, 7) is 8.40. The van der Waals surface area contributed by atoms with Crippen LogP contribution in [0.1, 0.15) is 47.2 Å². The van der Waals surface area contributed by atoms with Crippen molar-refractivity contribution in [1.82, 2.24) is 29.9 Å². The topological polar surface area (TPSA) is 90.8 Å². The van der Waals surface area contributed by atoms with Gasteiger partial charge in [-0.05, 0) is 58.0 Å². The van der Waals surface area contributed by atoms with Gasteiger partial charge in [0, 0.05) is 23.8 Å². The van der Waals surface area contributed by atoms with Crippen LogP contribution in [0.4, 0.5) is 0 Å². The minimum absolute atomic E-state index is 0.0990. The predicted molar refractivity (Wildman–Crippen MR) is 130 cm³/mol. The number of hydrogen-bond donors (Lipinski definition) is 1. The highest BCUT2D eigenvalue weighted by atomic mass is 16.3. The highest BCUT2D eigenvalue weighted by Crippen LogP contribution is 2.27. The zero-order valence-corrected chi connectivity index (χ0v) is 19.6. The molecule has 34 heavy (non-hydrogen) atoms. The number of fused-ring (bicyclic) bond motifs is 1. The van der Waals surface area contributed by atoms with Crippen LogP contribution in [0.2, 0.25) is 0 Å². The first-order valence-corrected chi connectivity index (χ1v) is 11.2. The molecule has 0 bridgehead atoms. The van der Waals surface area contributed by atoms with E-state index in [-0.39, 0.29) is 11.9 Å². The van der Waals surface area contributed by atoms with Crippen LogP contribution in [-0.2, 0) is 6.54 Å². The summed E-state index contributed by atoms with van der Waals surface area (Å²) in [6.07, 6.45) is 3.30. The zero-order valence-electron chi connectivity index (χ0n) is 19.6. The van der Waals surface area contributed by atoms with Crippen LogP contribution >= 0.6 is 0 Å². The van der Waals surface area contributed by atoms with Crippen molar-refractivity contribution in [1.29, 1.82) is 0 Å². The monoisotopic (exact) mass is 454 g/mol. The predicted octanol–water partition coefficient (Wildman–Crippen LogP) is 5.00. The molecule has 0 fully saturated rings. The molecular weight excluding hydrogens is 428 g/mol. The molecule has 0 saturated carbocycles. The maximum atomic E-state index is 13.4. The molecule has 0 unspecified atom stereocenters. The number of nitrogens with zero attached hydrogens (tertiary/aromatic N) is 5. The van der Waals surface area contributed by atoms with Gasteiger partial charge < -0.3 is 9.73 Å². The molecule has 0 atom stereocenters. The Morgan fingerprint density at radius 3 is 2.62 bits per heavy atom. The number of carbonyl (C=O) groups is 1. The first kappa shape index (κ1) is 21.6. The number of furan rings is 1. The van der Waals surface area contributed by atoms with Crippen LogP contribution in [0.15, 0.2) is 65.4 Å². The van der Waals surface area contributed by atoms with Crippen molar-refractivity contribution in [3.8, 4) is 17.1 Å². The van der Waals surface area contributed by atoms with E-state index in [4.69, 9.17) is 9.40 Å². The van der Waals surface area contributed by atoms with Crippen LogP contribution in [0.3, 0.4) is 0 Å². The number of hydrogen-bond acceptors (Lipinski definition) is 5. The summed E-state index contributed by atoms with van der Waals surface area (Å²) in [5.74, 6) is 0.401. The van der Waals surface area contributed by atoms with Crippen LogP contribution in [-0.4, -0.2) is 30.5 Å². The van der Waals surface area contributed by atoms with E-state index in [1.807, 2.05) is 73.5 Å². The first-order chi connectivity index (χ1) is 16.4. The van der Waals surface area contributed by atoms with E-state index in [1.165, 1.54) is 0 Å². The lowest BCUT2D eigenvalue weighted by molar-refractivity contribution is 0.0952. The third kappa shape index (κ3) is 3.77. The van der Waals surface area contributed by atoms with Gasteiger partial charge in [0.1, 0.15) is 5.69 Å².